The molecule has 2 aromatic heterocycles. The number of aryl methyl sites for hydroxylation is 3. The van der Waals surface area contributed by atoms with Crippen LogP contribution in [0, 0.1) is 11.7 Å². The number of aromatic amines is 1. The van der Waals surface area contributed by atoms with E-state index in [4.69, 9.17) is 23.8 Å². The molecule has 0 saturated carbocycles. The second kappa shape index (κ2) is 7.46. The van der Waals surface area contributed by atoms with Crippen molar-refractivity contribution in [3.63, 3.8) is 0 Å². The van der Waals surface area contributed by atoms with Gasteiger partial charge in [-0.1, -0.05) is 41.9 Å². The lowest BCUT2D eigenvalue weighted by molar-refractivity contribution is 0.643. The van der Waals surface area contributed by atoms with Gasteiger partial charge < -0.3 is 4.57 Å². The molecular weight excluding hydrogens is 380 g/mol. The largest absolute Gasteiger partial charge is 0.328 e. The fourth-order valence-corrected chi connectivity index (χ4v) is 3.38. The molecule has 136 valence electrons. The smallest absolute Gasteiger partial charge is 0.216 e. The van der Waals surface area contributed by atoms with Crippen LogP contribution in [0.1, 0.15) is 17.2 Å². The Hall–Kier alpha value is -2.77. The van der Waals surface area contributed by atoms with Gasteiger partial charge in [0.15, 0.2) is 5.82 Å². The molecule has 0 amide bonds. The molecule has 0 aliphatic carbocycles. The molecule has 6 nitrogen and oxygen atoms in total. The average Bonchev–Trinajstić information content (AvgIpc) is 3.18. The first kappa shape index (κ1) is 17.6. The Balaban J connectivity index is 1.60. The van der Waals surface area contributed by atoms with Gasteiger partial charge in [-0.2, -0.15) is 14.9 Å². The zero-order chi connectivity index (χ0) is 18.8. The number of rotatable bonds is 5. The molecule has 0 radical (unpaired) electrons. The summed E-state index contributed by atoms with van der Waals surface area (Å²) in [5, 5.41) is 12.2. The minimum atomic E-state index is 0.445. The van der Waals surface area contributed by atoms with Crippen LogP contribution in [0.3, 0.4) is 0 Å². The van der Waals surface area contributed by atoms with E-state index >= 15 is 0 Å². The molecule has 1 N–H and O–H groups in total. The summed E-state index contributed by atoms with van der Waals surface area (Å²) < 4.78 is 4.25. The topological polar surface area (TPSA) is 63.8 Å². The predicted molar refractivity (Wildman–Crippen MR) is 110 cm³/mol. The Kier molecular flexibility index (Phi) is 4.87. The van der Waals surface area contributed by atoms with Crippen LogP contribution < -0.4 is 0 Å². The molecule has 0 aliphatic rings. The fraction of sp³-hybridized carbons (Fsp3) is 0.158. The zero-order valence-corrected chi connectivity index (χ0v) is 16.2. The van der Waals surface area contributed by atoms with E-state index in [1.54, 1.807) is 10.9 Å². The first-order chi connectivity index (χ1) is 13.1. The highest BCUT2D eigenvalue weighted by molar-refractivity contribution is 7.71. The first-order valence-corrected chi connectivity index (χ1v) is 9.29. The summed E-state index contributed by atoms with van der Waals surface area (Å²) in [5.74, 6) is 1.72. The van der Waals surface area contributed by atoms with Crippen LogP contribution in [0.5, 0.6) is 0 Å². The number of hydrogen-bond acceptors (Lipinski definition) is 4. The third kappa shape index (κ3) is 3.56. The van der Waals surface area contributed by atoms with Crippen molar-refractivity contribution >= 4 is 41.1 Å². The Morgan fingerprint density at radius 2 is 1.96 bits per heavy atom. The van der Waals surface area contributed by atoms with Gasteiger partial charge in [-0.05, 0) is 37.3 Å². The lowest BCUT2D eigenvalue weighted by Crippen LogP contribution is -2.07. The van der Waals surface area contributed by atoms with Crippen molar-refractivity contribution in [2.75, 3.05) is 0 Å². The van der Waals surface area contributed by atoms with E-state index in [-0.39, 0.29) is 0 Å². The van der Waals surface area contributed by atoms with Gasteiger partial charge in [0, 0.05) is 23.6 Å². The highest BCUT2D eigenvalue weighted by Crippen LogP contribution is 2.16. The molecule has 0 fully saturated rings. The van der Waals surface area contributed by atoms with Gasteiger partial charge in [-0.3, -0.25) is 5.10 Å². The van der Waals surface area contributed by atoms with Gasteiger partial charge in [-0.25, -0.2) is 4.98 Å². The summed E-state index contributed by atoms with van der Waals surface area (Å²) in [6.07, 6.45) is 2.35. The Morgan fingerprint density at radius 1 is 1.19 bits per heavy atom. The Labute approximate surface area is 166 Å². The summed E-state index contributed by atoms with van der Waals surface area (Å²) in [5.41, 5.74) is 2.92. The van der Waals surface area contributed by atoms with Crippen molar-refractivity contribution in [3.8, 4) is 0 Å². The van der Waals surface area contributed by atoms with Crippen LogP contribution in [0.15, 0.2) is 53.6 Å². The zero-order valence-electron chi connectivity index (χ0n) is 14.6. The molecule has 4 rings (SSSR count). The van der Waals surface area contributed by atoms with Crippen LogP contribution in [-0.2, 0) is 13.0 Å². The molecule has 27 heavy (non-hydrogen) atoms. The van der Waals surface area contributed by atoms with E-state index in [1.807, 2.05) is 49.4 Å². The van der Waals surface area contributed by atoms with Crippen LogP contribution >= 0.6 is 23.8 Å². The molecule has 2 aromatic carbocycles. The van der Waals surface area contributed by atoms with E-state index < -0.39 is 0 Å². The summed E-state index contributed by atoms with van der Waals surface area (Å²) in [4.78, 5) is 4.60. The van der Waals surface area contributed by atoms with Crippen molar-refractivity contribution in [2.24, 2.45) is 5.10 Å². The van der Waals surface area contributed by atoms with Crippen LogP contribution in [-0.4, -0.2) is 30.6 Å². The van der Waals surface area contributed by atoms with Crippen LogP contribution in [0.2, 0.25) is 5.02 Å². The molecule has 0 atom stereocenters. The highest BCUT2D eigenvalue weighted by Gasteiger charge is 2.10. The SMILES string of the molecule is Cc1nc2ccccc2n1CCc1n[nH]c(=S)n1/N=C\c1ccccc1Cl. The number of hydrogen-bond donors (Lipinski definition) is 1. The number of benzene rings is 2. The highest BCUT2D eigenvalue weighted by atomic mass is 35.5. The number of H-pyrrole nitrogens is 1. The monoisotopic (exact) mass is 396 g/mol. The number of halogens is 1. The second-order valence-electron chi connectivity index (χ2n) is 6.07. The van der Waals surface area contributed by atoms with Crippen molar-refractivity contribution in [3.05, 3.63) is 75.5 Å². The van der Waals surface area contributed by atoms with Crippen molar-refractivity contribution in [2.45, 2.75) is 19.9 Å². The number of aromatic nitrogens is 5. The lowest BCUT2D eigenvalue weighted by Gasteiger charge is -2.06. The molecule has 0 aliphatic heterocycles. The van der Waals surface area contributed by atoms with Crippen molar-refractivity contribution in [1.29, 1.82) is 0 Å². The number of para-hydroxylation sites is 2. The molecule has 0 spiro atoms. The maximum atomic E-state index is 6.19. The van der Waals surface area contributed by atoms with E-state index in [0.29, 0.717) is 16.2 Å². The normalized spacial score (nSPS) is 11.6. The van der Waals surface area contributed by atoms with E-state index in [9.17, 15) is 0 Å². The minimum absolute atomic E-state index is 0.445. The van der Waals surface area contributed by atoms with Crippen molar-refractivity contribution < 1.29 is 0 Å². The minimum Gasteiger partial charge on any atom is -0.328 e. The van der Waals surface area contributed by atoms with E-state index in [0.717, 1.165) is 34.8 Å². The second-order valence-corrected chi connectivity index (χ2v) is 6.87. The number of nitrogens with zero attached hydrogens (tertiary/aromatic N) is 5. The van der Waals surface area contributed by atoms with E-state index in [2.05, 4.69) is 30.9 Å². The van der Waals surface area contributed by atoms with Gasteiger partial charge >= 0.3 is 0 Å². The van der Waals surface area contributed by atoms with Gasteiger partial charge in [0.1, 0.15) is 5.82 Å². The Bertz CT molecular complexity index is 1190. The molecule has 0 bridgehead atoms. The van der Waals surface area contributed by atoms with Gasteiger partial charge in [0.25, 0.3) is 0 Å². The third-order valence-corrected chi connectivity index (χ3v) is 4.95. The average molecular weight is 397 g/mol. The maximum absolute atomic E-state index is 6.19. The first-order valence-electron chi connectivity index (χ1n) is 8.50. The number of nitrogens with one attached hydrogen (secondary N) is 1. The molecular formula is C19H17ClN6S. The van der Waals surface area contributed by atoms with Gasteiger partial charge in [-0.15, -0.1) is 0 Å². The number of imidazole rings is 1. The van der Waals surface area contributed by atoms with Crippen LogP contribution in [0.4, 0.5) is 0 Å². The third-order valence-electron chi connectivity index (χ3n) is 4.34. The van der Waals surface area contributed by atoms with Gasteiger partial charge in [0.05, 0.1) is 17.2 Å². The standard InChI is InChI=1S/C19H17ClN6S/c1-13-22-16-8-4-5-9-17(16)25(13)11-10-18-23-24-19(27)26(18)21-12-14-6-2-3-7-15(14)20/h2-9,12H,10-11H2,1H3,(H,24,27)/b21-12-. The summed E-state index contributed by atoms with van der Waals surface area (Å²) in [6, 6.07) is 15.6. The summed E-state index contributed by atoms with van der Waals surface area (Å²) >= 11 is 11.5. The molecule has 0 unspecified atom stereocenters. The summed E-state index contributed by atoms with van der Waals surface area (Å²) in [6.45, 7) is 2.74. The molecule has 2 heterocycles. The number of fused-ring (bicyclic) bond motifs is 1. The van der Waals surface area contributed by atoms with Crippen molar-refractivity contribution in [1.82, 2.24) is 24.4 Å². The molecule has 8 heteroatoms. The maximum Gasteiger partial charge on any atom is 0.216 e. The lowest BCUT2D eigenvalue weighted by atomic mass is 10.2. The molecule has 4 aromatic rings. The fourth-order valence-electron chi connectivity index (χ4n) is 2.99. The quantitative estimate of drug-likeness (QED) is 0.402. The van der Waals surface area contributed by atoms with E-state index in [1.165, 1.54) is 0 Å². The summed E-state index contributed by atoms with van der Waals surface area (Å²) in [7, 11) is 0. The molecule has 0 saturated heterocycles. The van der Waals surface area contributed by atoms with Gasteiger partial charge in [0.2, 0.25) is 4.77 Å². The predicted octanol–water partition coefficient (Wildman–Crippen LogP) is 4.38. The Morgan fingerprint density at radius 3 is 2.81 bits per heavy atom. The van der Waals surface area contributed by atoms with Crippen LogP contribution in [0.25, 0.3) is 11.0 Å².